The Balaban J connectivity index is 2.22. The number of thiazole rings is 1. The van der Waals surface area contributed by atoms with E-state index < -0.39 is 0 Å². The highest BCUT2D eigenvalue weighted by atomic mass is 32.1. The number of rotatable bonds is 3. The molecule has 1 aromatic heterocycles. The van der Waals surface area contributed by atoms with E-state index in [2.05, 4.69) is 10.3 Å². The van der Waals surface area contributed by atoms with Crippen molar-refractivity contribution in [2.75, 3.05) is 11.1 Å². The average molecular weight is 275 g/mol. The summed E-state index contributed by atoms with van der Waals surface area (Å²) >= 11 is 1.16. The third kappa shape index (κ3) is 2.79. The fourth-order valence-corrected chi connectivity index (χ4v) is 2.50. The molecular weight excluding hydrogens is 262 g/mol. The Bertz CT molecular complexity index is 649. The van der Waals surface area contributed by atoms with E-state index in [1.807, 2.05) is 0 Å². The Morgan fingerprint density at radius 2 is 2.00 bits per heavy atom. The summed E-state index contributed by atoms with van der Waals surface area (Å²) in [6.07, 6.45) is 0. The van der Waals surface area contributed by atoms with Crippen molar-refractivity contribution in [3.63, 3.8) is 0 Å². The second-order valence-electron chi connectivity index (χ2n) is 4.03. The highest BCUT2D eigenvalue weighted by molar-refractivity contribution is 7.17. The molecule has 1 aromatic carbocycles. The van der Waals surface area contributed by atoms with Crippen LogP contribution in [0.5, 0.6) is 0 Å². The first kappa shape index (κ1) is 13.2. The van der Waals surface area contributed by atoms with Crippen LogP contribution in [0.3, 0.4) is 0 Å². The summed E-state index contributed by atoms with van der Waals surface area (Å²) in [6.45, 7) is 3.21. The minimum absolute atomic E-state index is 0.0604. The lowest BCUT2D eigenvalue weighted by Crippen LogP contribution is -2.13. The zero-order valence-electron chi connectivity index (χ0n) is 10.6. The number of nitrogen functional groups attached to an aromatic ring is 1. The van der Waals surface area contributed by atoms with Gasteiger partial charge in [-0.3, -0.25) is 14.9 Å². The number of hydrogen-bond donors (Lipinski definition) is 2. The Morgan fingerprint density at radius 3 is 2.58 bits per heavy atom. The minimum Gasteiger partial charge on any atom is -0.398 e. The van der Waals surface area contributed by atoms with Crippen molar-refractivity contribution < 1.29 is 9.59 Å². The SMILES string of the molecule is CC(=O)c1sc(NC(=O)c2ccccc2N)nc1C. The molecule has 0 aliphatic heterocycles. The van der Waals surface area contributed by atoms with Crippen molar-refractivity contribution in [2.45, 2.75) is 13.8 Å². The fraction of sp³-hybridized carbons (Fsp3) is 0.154. The molecule has 5 nitrogen and oxygen atoms in total. The van der Waals surface area contributed by atoms with Crippen molar-refractivity contribution in [1.82, 2.24) is 4.98 Å². The maximum Gasteiger partial charge on any atom is 0.259 e. The lowest BCUT2D eigenvalue weighted by molar-refractivity contribution is 0.101. The molecule has 2 aromatic rings. The minimum atomic E-state index is -0.332. The van der Waals surface area contributed by atoms with Gasteiger partial charge in [0.05, 0.1) is 16.1 Å². The number of carbonyl (C=O) groups excluding carboxylic acids is 2. The van der Waals surface area contributed by atoms with E-state index in [0.717, 1.165) is 11.3 Å². The van der Waals surface area contributed by atoms with Crippen LogP contribution in [-0.4, -0.2) is 16.7 Å². The van der Waals surface area contributed by atoms with E-state index in [9.17, 15) is 9.59 Å². The van der Waals surface area contributed by atoms with Crippen molar-refractivity contribution in [1.29, 1.82) is 0 Å². The molecule has 0 aliphatic rings. The third-order valence-electron chi connectivity index (χ3n) is 2.54. The maximum atomic E-state index is 12.0. The summed E-state index contributed by atoms with van der Waals surface area (Å²) in [5, 5.41) is 3.05. The van der Waals surface area contributed by atoms with E-state index in [1.165, 1.54) is 6.92 Å². The number of Topliss-reactive ketones (excluding diaryl/α,β-unsaturated/α-hetero) is 1. The molecule has 0 saturated carbocycles. The highest BCUT2D eigenvalue weighted by Gasteiger charge is 2.15. The standard InChI is InChI=1S/C13H13N3O2S/c1-7-11(8(2)17)19-13(15-7)16-12(18)9-5-3-4-6-10(9)14/h3-6H,14H2,1-2H3,(H,15,16,18). The quantitative estimate of drug-likeness (QED) is 0.665. The molecule has 19 heavy (non-hydrogen) atoms. The Kier molecular flexibility index (Phi) is 3.62. The van der Waals surface area contributed by atoms with Crippen molar-refractivity contribution in [3.05, 3.63) is 40.4 Å². The summed E-state index contributed by atoms with van der Waals surface area (Å²) in [5.74, 6) is -0.392. The van der Waals surface area contributed by atoms with Gasteiger partial charge >= 0.3 is 0 Å². The van der Waals surface area contributed by atoms with E-state index in [-0.39, 0.29) is 11.7 Å². The number of nitrogens with two attached hydrogens (primary N) is 1. The highest BCUT2D eigenvalue weighted by Crippen LogP contribution is 2.24. The lowest BCUT2D eigenvalue weighted by atomic mass is 10.2. The smallest absolute Gasteiger partial charge is 0.259 e. The number of ketones is 1. The van der Waals surface area contributed by atoms with Gasteiger partial charge in [0.15, 0.2) is 10.9 Å². The molecule has 1 amide bonds. The van der Waals surface area contributed by atoms with Crippen LogP contribution in [0.4, 0.5) is 10.8 Å². The average Bonchev–Trinajstić information content (AvgIpc) is 2.70. The number of aryl methyl sites for hydroxylation is 1. The zero-order valence-corrected chi connectivity index (χ0v) is 11.4. The van der Waals surface area contributed by atoms with Gasteiger partial charge in [0.2, 0.25) is 0 Å². The van der Waals surface area contributed by atoms with Crippen LogP contribution in [0.1, 0.15) is 32.6 Å². The van der Waals surface area contributed by atoms with E-state index >= 15 is 0 Å². The second kappa shape index (κ2) is 5.19. The molecule has 0 spiro atoms. The van der Waals surface area contributed by atoms with Crippen LogP contribution in [-0.2, 0) is 0 Å². The van der Waals surface area contributed by atoms with Crippen molar-refractivity contribution in [3.8, 4) is 0 Å². The van der Waals surface area contributed by atoms with Crippen LogP contribution in [0.25, 0.3) is 0 Å². The number of nitrogens with zero attached hydrogens (tertiary/aromatic N) is 1. The molecule has 3 N–H and O–H groups in total. The predicted octanol–water partition coefficient (Wildman–Crippen LogP) is 2.49. The summed E-state index contributed by atoms with van der Waals surface area (Å²) in [4.78, 5) is 28.0. The third-order valence-corrected chi connectivity index (χ3v) is 3.72. The van der Waals surface area contributed by atoms with Gasteiger partial charge < -0.3 is 5.73 Å². The van der Waals surface area contributed by atoms with Crippen molar-refractivity contribution >= 4 is 33.8 Å². The molecule has 0 radical (unpaired) electrons. The fourth-order valence-electron chi connectivity index (χ4n) is 1.64. The first-order valence-corrected chi connectivity index (χ1v) is 6.45. The number of aromatic nitrogens is 1. The van der Waals surface area contributed by atoms with Gasteiger partial charge in [0, 0.05) is 12.6 Å². The molecule has 0 atom stereocenters. The van der Waals surface area contributed by atoms with Gasteiger partial charge in [-0.25, -0.2) is 4.98 Å². The van der Waals surface area contributed by atoms with Gasteiger partial charge in [0.25, 0.3) is 5.91 Å². The molecule has 2 rings (SSSR count). The van der Waals surface area contributed by atoms with Crippen LogP contribution in [0.15, 0.2) is 24.3 Å². The first-order chi connectivity index (χ1) is 8.99. The Labute approximate surface area is 114 Å². The van der Waals surface area contributed by atoms with Gasteiger partial charge in [-0.05, 0) is 19.1 Å². The molecule has 98 valence electrons. The second-order valence-corrected chi connectivity index (χ2v) is 5.03. The van der Waals surface area contributed by atoms with E-state index in [1.54, 1.807) is 31.2 Å². The molecule has 0 bridgehead atoms. The molecule has 1 heterocycles. The van der Waals surface area contributed by atoms with Crippen molar-refractivity contribution in [2.24, 2.45) is 0 Å². The lowest BCUT2D eigenvalue weighted by Gasteiger charge is -2.04. The Hall–Kier alpha value is -2.21. The largest absolute Gasteiger partial charge is 0.398 e. The molecule has 0 aliphatic carbocycles. The van der Waals surface area contributed by atoms with Crippen LogP contribution in [0, 0.1) is 6.92 Å². The van der Waals surface area contributed by atoms with E-state index in [4.69, 9.17) is 5.73 Å². The number of anilines is 2. The van der Waals surface area contributed by atoms with Crippen LogP contribution >= 0.6 is 11.3 Å². The monoisotopic (exact) mass is 275 g/mol. The molecular formula is C13H13N3O2S. The molecule has 6 heteroatoms. The summed E-state index contributed by atoms with van der Waals surface area (Å²) in [7, 11) is 0. The molecule has 0 unspecified atom stereocenters. The molecule has 0 saturated heterocycles. The normalized spacial score (nSPS) is 10.2. The number of hydrogen-bond acceptors (Lipinski definition) is 5. The van der Waals surface area contributed by atoms with Gasteiger partial charge in [0.1, 0.15) is 0 Å². The number of para-hydroxylation sites is 1. The van der Waals surface area contributed by atoms with E-state index in [0.29, 0.717) is 27.0 Å². The maximum absolute atomic E-state index is 12.0. The summed E-state index contributed by atoms with van der Waals surface area (Å²) in [6, 6.07) is 6.78. The molecule has 0 fully saturated rings. The topological polar surface area (TPSA) is 85.1 Å². The van der Waals surface area contributed by atoms with Gasteiger partial charge in [-0.1, -0.05) is 23.5 Å². The van der Waals surface area contributed by atoms with Crippen LogP contribution in [0.2, 0.25) is 0 Å². The van der Waals surface area contributed by atoms with Gasteiger partial charge in [-0.2, -0.15) is 0 Å². The first-order valence-electron chi connectivity index (χ1n) is 5.63. The zero-order chi connectivity index (χ0) is 14.0. The van der Waals surface area contributed by atoms with Crippen LogP contribution < -0.4 is 11.1 Å². The number of amides is 1. The summed E-state index contributed by atoms with van der Waals surface area (Å²) in [5.41, 5.74) is 7.14. The number of nitrogens with one attached hydrogen (secondary N) is 1. The summed E-state index contributed by atoms with van der Waals surface area (Å²) < 4.78 is 0. The number of carbonyl (C=O) groups is 2. The number of benzene rings is 1. The predicted molar refractivity (Wildman–Crippen MR) is 75.7 cm³/mol. The Morgan fingerprint density at radius 1 is 1.32 bits per heavy atom. The van der Waals surface area contributed by atoms with Gasteiger partial charge in [-0.15, -0.1) is 0 Å².